The van der Waals surface area contributed by atoms with Crippen LogP contribution in [0.1, 0.15) is 16.7 Å². The molecule has 0 aliphatic rings. The van der Waals surface area contributed by atoms with Crippen molar-refractivity contribution in [3.05, 3.63) is 108 Å². The van der Waals surface area contributed by atoms with Gasteiger partial charge in [-0.15, -0.1) is 0 Å². The monoisotopic (exact) mass is 414 g/mol. The number of carboxylic acid groups (broad SMARTS) is 1. The zero-order valence-electron chi connectivity index (χ0n) is 16.9. The van der Waals surface area contributed by atoms with Crippen molar-refractivity contribution in [1.82, 2.24) is 0 Å². The quantitative estimate of drug-likeness (QED) is 0.364. The number of benzene rings is 3. The fourth-order valence-corrected chi connectivity index (χ4v) is 3.40. The molecular weight excluding hydrogens is 392 g/mol. The van der Waals surface area contributed by atoms with Crippen LogP contribution in [0.3, 0.4) is 0 Å². The Balaban J connectivity index is 1.48. The Labute approximate surface area is 180 Å². The number of hydrogen-bond acceptors (Lipinski definition) is 4. The van der Waals surface area contributed by atoms with Crippen LogP contribution >= 0.6 is 0 Å². The van der Waals surface area contributed by atoms with Gasteiger partial charge in [-0.1, -0.05) is 78.9 Å². The predicted octanol–water partition coefficient (Wildman–Crippen LogP) is 5.54. The van der Waals surface area contributed by atoms with Crippen molar-refractivity contribution in [2.45, 2.75) is 6.61 Å². The fourth-order valence-electron chi connectivity index (χ4n) is 3.40. The summed E-state index contributed by atoms with van der Waals surface area (Å²) in [5.74, 6) is -0.631. The maximum atomic E-state index is 10.8. The number of furan rings is 1. The summed E-state index contributed by atoms with van der Waals surface area (Å²) in [7, 11) is 0. The van der Waals surface area contributed by atoms with E-state index in [4.69, 9.17) is 19.0 Å². The summed E-state index contributed by atoms with van der Waals surface area (Å²) in [5.41, 5.74) is 4.78. The minimum absolute atomic E-state index is 0.364. The van der Waals surface area contributed by atoms with Gasteiger partial charge in [0.05, 0.1) is 19.5 Å². The van der Waals surface area contributed by atoms with Crippen molar-refractivity contribution in [2.24, 2.45) is 0 Å². The van der Waals surface area contributed by atoms with Gasteiger partial charge in [0.2, 0.25) is 0 Å². The highest BCUT2D eigenvalue weighted by atomic mass is 16.5. The maximum absolute atomic E-state index is 10.8. The molecule has 4 rings (SSSR count). The van der Waals surface area contributed by atoms with Crippen LogP contribution in [0.5, 0.6) is 5.75 Å². The molecule has 5 heteroatoms. The second-order valence-electron chi connectivity index (χ2n) is 6.94. The summed E-state index contributed by atoms with van der Waals surface area (Å²) in [6.07, 6.45) is 3.70. The Morgan fingerprint density at radius 3 is 2.23 bits per heavy atom. The molecule has 31 heavy (non-hydrogen) atoms. The molecule has 0 saturated heterocycles. The van der Waals surface area contributed by atoms with E-state index < -0.39 is 12.6 Å². The van der Waals surface area contributed by atoms with Crippen LogP contribution in [0.15, 0.2) is 95.6 Å². The van der Waals surface area contributed by atoms with Gasteiger partial charge in [0.15, 0.2) is 17.9 Å². The standard InChI is InChI=1S/C26H22O5/c27-25(28)18-30-24-13-7-12-23-21(17-31-26(23)24)16-29-15-14-22(19-8-3-1-4-9-19)20-10-5-2-6-11-20/h1-14,17H,15-16,18H2,(H,27,28). The first-order chi connectivity index (χ1) is 15.2. The summed E-state index contributed by atoms with van der Waals surface area (Å²) < 4.78 is 16.8. The van der Waals surface area contributed by atoms with Crippen molar-refractivity contribution < 1.29 is 23.8 Å². The molecule has 156 valence electrons. The lowest BCUT2D eigenvalue weighted by molar-refractivity contribution is -0.139. The third-order valence-corrected chi connectivity index (χ3v) is 4.83. The lowest BCUT2D eigenvalue weighted by Crippen LogP contribution is -2.09. The van der Waals surface area contributed by atoms with Gasteiger partial charge in [-0.2, -0.15) is 0 Å². The average Bonchev–Trinajstić information content (AvgIpc) is 3.22. The molecule has 0 bridgehead atoms. The van der Waals surface area contributed by atoms with Crippen LogP contribution in [0.4, 0.5) is 0 Å². The van der Waals surface area contributed by atoms with E-state index in [9.17, 15) is 4.79 Å². The van der Waals surface area contributed by atoms with E-state index in [0.717, 1.165) is 27.6 Å². The van der Waals surface area contributed by atoms with Crippen molar-refractivity contribution >= 4 is 22.5 Å². The van der Waals surface area contributed by atoms with Crippen molar-refractivity contribution in [2.75, 3.05) is 13.2 Å². The van der Waals surface area contributed by atoms with Gasteiger partial charge < -0.3 is 19.0 Å². The zero-order valence-corrected chi connectivity index (χ0v) is 16.9. The van der Waals surface area contributed by atoms with Crippen LogP contribution < -0.4 is 4.74 Å². The first-order valence-corrected chi connectivity index (χ1v) is 9.95. The molecule has 3 aromatic carbocycles. The molecule has 0 aliphatic carbocycles. The molecule has 1 N–H and O–H groups in total. The van der Waals surface area contributed by atoms with Crippen molar-refractivity contribution in [1.29, 1.82) is 0 Å². The summed E-state index contributed by atoms with van der Waals surface area (Å²) in [6, 6.07) is 25.8. The van der Waals surface area contributed by atoms with Gasteiger partial charge in [-0.25, -0.2) is 4.79 Å². The Bertz CT molecular complexity index is 1130. The molecule has 1 heterocycles. The second kappa shape index (κ2) is 9.78. The molecule has 0 aliphatic heterocycles. The second-order valence-corrected chi connectivity index (χ2v) is 6.94. The number of ether oxygens (including phenoxy) is 2. The molecule has 0 saturated carbocycles. The van der Waals surface area contributed by atoms with E-state index in [1.54, 1.807) is 18.4 Å². The molecule has 0 amide bonds. The van der Waals surface area contributed by atoms with Gasteiger partial charge in [0.1, 0.15) is 0 Å². The number of carboxylic acids is 1. The number of hydrogen-bond donors (Lipinski definition) is 1. The van der Waals surface area contributed by atoms with Crippen LogP contribution in [0.25, 0.3) is 16.5 Å². The minimum atomic E-state index is -1.04. The van der Waals surface area contributed by atoms with Gasteiger partial charge in [-0.3, -0.25) is 0 Å². The van der Waals surface area contributed by atoms with Crippen molar-refractivity contribution in [3.8, 4) is 5.75 Å². The fraction of sp³-hybridized carbons (Fsp3) is 0.115. The number of carbonyl (C=O) groups is 1. The van der Waals surface area contributed by atoms with E-state index in [2.05, 4.69) is 30.3 Å². The number of aliphatic carboxylic acids is 1. The van der Waals surface area contributed by atoms with Gasteiger partial charge in [-0.05, 0) is 22.8 Å². The van der Waals surface area contributed by atoms with Gasteiger partial charge in [0.25, 0.3) is 0 Å². The average molecular weight is 414 g/mol. The highest BCUT2D eigenvalue weighted by molar-refractivity contribution is 5.86. The normalized spacial score (nSPS) is 10.7. The molecule has 0 radical (unpaired) electrons. The molecule has 5 nitrogen and oxygen atoms in total. The van der Waals surface area contributed by atoms with Gasteiger partial charge >= 0.3 is 5.97 Å². The molecule has 0 atom stereocenters. The summed E-state index contributed by atoms with van der Waals surface area (Å²) in [6.45, 7) is 0.377. The lowest BCUT2D eigenvalue weighted by atomic mass is 9.98. The van der Waals surface area contributed by atoms with E-state index >= 15 is 0 Å². The predicted molar refractivity (Wildman–Crippen MR) is 119 cm³/mol. The van der Waals surface area contributed by atoms with Crippen molar-refractivity contribution in [3.63, 3.8) is 0 Å². The highest BCUT2D eigenvalue weighted by Crippen LogP contribution is 2.30. The SMILES string of the molecule is O=C(O)COc1cccc2c(COCC=C(c3ccccc3)c3ccccc3)coc12. The molecule has 1 aromatic heterocycles. The minimum Gasteiger partial charge on any atom is -0.479 e. The Kier molecular flexibility index (Phi) is 6.45. The third-order valence-electron chi connectivity index (χ3n) is 4.83. The Morgan fingerprint density at radius 2 is 1.58 bits per heavy atom. The topological polar surface area (TPSA) is 68.9 Å². The number of para-hydroxylation sites is 1. The van der Waals surface area contributed by atoms with Crippen LogP contribution in [-0.2, 0) is 16.1 Å². The number of rotatable bonds is 9. The first-order valence-electron chi connectivity index (χ1n) is 9.95. The van der Waals surface area contributed by atoms with Crippen LogP contribution in [0, 0.1) is 0 Å². The third kappa shape index (κ3) is 5.02. The molecule has 0 unspecified atom stereocenters. The zero-order chi connectivity index (χ0) is 21.5. The summed E-state index contributed by atoms with van der Waals surface area (Å²) in [5, 5.41) is 9.67. The van der Waals surface area contributed by atoms with E-state index in [0.29, 0.717) is 24.5 Å². The smallest absolute Gasteiger partial charge is 0.341 e. The van der Waals surface area contributed by atoms with E-state index in [1.807, 2.05) is 42.5 Å². The first kappa shape index (κ1) is 20.4. The van der Waals surface area contributed by atoms with E-state index in [1.165, 1.54) is 0 Å². The van der Waals surface area contributed by atoms with Crippen LogP contribution in [-0.4, -0.2) is 24.3 Å². The van der Waals surface area contributed by atoms with Crippen LogP contribution in [0.2, 0.25) is 0 Å². The molecule has 0 spiro atoms. The maximum Gasteiger partial charge on any atom is 0.341 e. The number of fused-ring (bicyclic) bond motifs is 1. The largest absolute Gasteiger partial charge is 0.479 e. The molecule has 4 aromatic rings. The summed E-state index contributed by atoms with van der Waals surface area (Å²) in [4.78, 5) is 10.8. The van der Waals surface area contributed by atoms with E-state index in [-0.39, 0.29) is 0 Å². The Hall–Kier alpha value is -3.83. The lowest BCUT2D eigenvalue weighted by Gasteiger charge is -2.09. The van der Waals surface area contributed by atoms with Gasteiger partial charge in [0, 0.05) is 10.9 Å². The molecule has 0 fully saturated rings. The Morgan fingerprint density at radius 1 is 0.903 bits per heavy atom. The highest BCUT2D eigenvalue weighted by Gasteiger charge is 2.12. The summed E-state index contributed by atoms with van der Waals surface area (Å²) >= 11 is 0. The molecular formula is C26H22O5.